The van der Waals surface area contributed by atoms with Crippen LogP contribution in [-0.4, -0.2) is 32.6 Å². The Labute approximate surface area is 164 Å². The van der Waals surface area contributed by atoms with Crippen molar-refractivity contribution in [3.05, 3.63) is 58.7 Å². The van der Waals surface area contributed by atoms with Crippen LogP contribution in [0.5, 0.6) is 0 Å². The molecular formula is C19H17N7O3. The Kier molecular flexibility index (Phi) is 4.43. The molecule has 0 saturated carbocycles. The summed E-state index contributed by atoms with van der Waals surface area (Å²) in [6.07, 6.45) is 1.69. The highest BCUT2D eigenvalue weighted by Gasteiger charge is 2.19. The summed E-state index contributed by atoms with van der Waals surface area (Å²) in [5, 5.41) is 9.93. The van der Waals surface area contributed by atoms with Gasteiger partial charge in [-0.25, -0.2) is 9.97 Å². The third-order valence-corrected chi connectivity index (χ3v) is 4.33. The fourth-order valence-corrected chi connectivity index (χ4v) is 2.84. The van der Waals surface area contributed by atoms with Crippen molar-refractivity contribution in [1.29, 1.82) is 0 Å². The Bertz CT molecular complexity index is 1290. The van der Waals surface area contributed by atoms with Gasteiger partial charge in [0, 0.05) is 38.0 Å². The third kappa shape index (κ3) is 3.38. The molecular weight excluding hydrogens is 374 g/mol. The first kappa shape index (κ1) is 18.2. The molecule has 4 aromatic heterocycles. The maximum Gasteiger partial charge on any atom is 0.289 e. The number of nitrogens with zero attached hydrogens (tertiary/aromatic N) is 4. The number of fused-ring (bicyclic) bond motifs is 1. The first-order valence-electron chi connectivity index (χ1n) is 8.65. The number of aromatic nitrogens is 4. The monoisotopic (exact) mass is 391 g/mol. The molecule has 0 aromatic carbocycles. The Morgan fingerprint density at radius 3 is 2.69 bits per heavy atom. The first-order valence-corrected chi connectivity index (χ1v) is 8.65. The lowest BCUT2D eigenvalue weighted by Crippen LogP contribution is -2.14. The van der Waals surface area contributed by atoms with Gasteiger partial charge < -0.3 is 25.5 Å². The maximum atomic E-state index is 11.9. The van der Waals surface area contributed by atoms with Gasteiger partial charge >= 0.3 is 0 Å². The molecule has 0 bridgehead atoms. The van der Waals surface area contributed by atoms with Crippen molar-refractivity contribution >= 4 is 34.3 Å². The number of aryl methyl sites for hydroxylation is 1. The second-order valence-electron chi connectivity index (χ2n) is 6.28. The topological polar surface area (TPSA) is 141 Å². The Balaban J connectivity index is 1.73. The Morgan fingerprint density at radius 1 is 1.14 bits per heavy atom. The number of nitrogens with two attached hydrogens (primary N) is 1. The molecule has 1 amide bonds. The van der Waals surface area contributed by atoms with Gasteiger partial charge in [0.1, 0.15) is 17.2 Å². The van der Waals surface area contributed by atoms with Gasteiger partial charge in [0.15, 0.2) is 5.52 Å². The van der Waals surface area contributed by atoms with Crippen LogP contribution in [0, 0.1) is 0 Å². The van der Waals surface area contributed by atoms with E-state index >= 15 is 0 Å². The molecule has 0 aliphatic heterocycles. The molecule has 0 aliphatic rings. The highest BCUT2D eigenvalue weighted by Crippen LogP contribution is 2.28. The summed E-state index contributed by atoms with van der Waals surface area (Å²) in [4.78, 5) is 32.4. The van der Waals surface area contributed by atoms with Gasteiger partial charge in [-0.1, -0.05) is 11.2 Å². The lowest BCUT2D eigenvalue weighted by molar-refractivity contribution is 0.0967. The summed E-state index contributed by atoms with van der Waals surface area (Å²) in [7, 11) is 3.40. The molecule has 0 spiro atoms. The van der Waals surface area contributed by atoms with E-state index in [-0.39, 0.29) is 16.8 Å². The molecule has 4 rings (SSSR count). The minimum Gasteiger partial charge on any atom is -0.386 e. The number of carbonyl (C=O) groups excluding carboxylic acids is 1. The maximum absolute atomic E-state index is 11.9. The van der Waals surface area contributed by atoms with Crippen LogP contribution in [0.2, 0.25) is 0 Å². The molecule has 0 unspecified atom stereocenters. The highest BCUT2D eigenvalue weighted by atomic mass is 16.5. The zero-order valence-corrected chi connectivity index (χ0v) is 15.6. The van der Waals surface area contributed by atoms with Crippen molar-refractivity contribution in [2.75, 3.05) is 17.7 Å². The largest absolute Gasteiger partial charge is 0.386 e. The van der Waals surface area contributed by atoms with E-state index in [0.29, 0.717) is 34.1 Å². The van der Waals surface area contributed by atoms with Crippen LogP contribution in [-0.2, 0) is 7.05 Å². The molecule has 0 radical (unpaired) electrons. The summed E-state index contributed by atoms with van der Waals surface area (Å²) in [5.41, 5.74) is 7.79. The third-order valence-electron chi connectivity index (χ3n) is 4.33. The molecule has 29 heavy (non-hydrogen) atoms. The number of nitrogens with one attached hydrogen (secondary N) is 2. The predicted molar refractivity (Wildman–Crippen MR) is 108 cm³/mol. The minimum atomic E-state index is -0.759. The van der Waals surface area contributed by atoms with Crippen molar-refractivity contribution in [3.63, 3.8) is 0 Å². The number of anilines is 3. The highest BCUT2D eigenvalue weighted by molar-refractivity contribution is 6.04. The van der Waals surface area contributed by atoms with Gasteiger partial charge in [-0.2, -0.15) is 0 Å². The molecule has 4 heterocycles. The van der Waals surface area contributed by atoms with E-state index in [4.69, 9.17) is 10.3 Å². The zero-order valence-electron chi connectivity index (χ0n) is 15.6. The van der Waals surface area contributed by atoms with Gasteiger partial charge in [-0.15, -0.1) is 0 Å². The van der Waals surface area contributed by atoms with Crippen molar-refractivity contribution < 1.29 is 9.32 Å². The molecule has 0 fully saturated rings. The predicted octanol–water partition coefficient (Wildman–Crippen LogP) is 1.87. The van der Waals surface area contributed by atoms with Crippen LogP contribution in [0.1, 0.15) is 10.6 Å². The number of pyridine rings is 3. The van der Waals surface area contributed by atoms with Crippen molar-refractivity contribution in [2.45, 2.75) is 0 Å². The van der Waals surface area contributed by atoms with Crippen LogP contribution in [0.3, 0.4) is 0 Å². The van der Waals surface area contributed by atoms with Crippen LogP contribution in [0.4, 0.5) is 17.3 Å². The number of amides is 1. The molecule has 10 nitrogen and oxygen atoms in total. The molecule has 0 atom stereocenters. The molecule has 146 valence electrons. The van der Waals surface area contributed by atoms with E-state index in [9.17, 15) is 9.59 Å². The van der Waals surface area contributed by atoms with E-state index in [1.165, 1.54) is 10.6 Å². The number of hydrogen-bond donors (Lipinski definition) is 3. The molecule has 10 heteroatoms. The molecule has 4 aromatic rings. The van der Waals surface area contributed by atoms with E-state index in [0.717, 1.165) is 0 Å². The molecule has 0 aliphatic carbocycles. The van der Waals surface area contributed by atoms with Crippen molar-refractivity contribution in [3.8, 4) is 11.3 Å². The van der Waals surface area contributed by atoms with E-state index in [1.807, 2.05) is 12.1 Å². The molecule has 0 saturated heterocycles. The smallest absolute Gasteiger partial charge is 0.289 e. The van der Waals surface area contributed by atoms with Crippen molar-refractivity contribution in [1.82, 2.24) is 19.7 Å². The number of primary amides is 1. The first-order chi connectivity index (χ1) is 14.0. The molecule has 4 N–H and O–H groups in total. The lowest BCUT2D eigenvalue weighted by Gasteiger charge is -2.09. The summed E-state index contributed by atoms with van der Waals surface area (Å²) in [6.45, 7) is 0. The van der Waals surface area contributed by atoms with Crippen LogP contribution < -0.4 is 21.9 Å². The summed E-state index contributed by atoms with van der Waals surface area (Å²) in [6, 6.07) is 10.4. The van der Waals surface area contributed by atoms with E-state index in [1.54, 1.807) is 38.5 Å². The minimum absolute atomic E-state index is 0.123. The van der Waals surface area contributed by atoms with E-state index < -0.39 is 5.91 Å². The lowest BCUT2D eigenvalue weighted by atomic mass is 10.2. The van der Waals surface area contributed by atoms with Crippen LogP contribution in [0.15, 0.2) is 51.9 Å². The number of rotatable bonds is 5. The fraction of sp³-hybridized carbons (Fsp3) is 0.105. The SMILES string of the molecule is CNc1cc(Nc2cccc(-c3ccn(C)c(=O)c3)n2)nc2c(C(N)=O)onc12. The fourth-order valence-electron chi connectivity index (χ4n) is 2.84. The van der Waals surface area contributed by atoms with Crippen LogP contribution >= 0.6 is 0 Å². The average molecular weight is 391 g/mol. The van der Waals surface area contributed by atoms with Gasteiger partial charge in [-0.05, 0) is 18.2 Å². The number of carbonyl (C=O) groups is 1. The standard InChI is InChI=1S/C19H17N7O3/c1-21-12-9-14(24-17-16(12)25-29-18(17)19(20)28)23-13-5-3-4-11(22-13)10-6-7-26(2)15(27)8-10/h3-9,21H,1-2H3,(H2,20,28)(H,22,23,24). The van der Waals surface area contributed by atoms with E-state index in [2.05, 4.69) is 25.8 Å². The summed E-state index contributed by atoms with van der Waals surface area (Å²) in [5.74, 6) is 0.0438. The van der Waals surface area contributed by atoms with Gasteiger partial charge in [-0.3, -0.25) is 9.59 Å². The summed E-state index contributed by atoms with van der Waals surface area (Å²) < 4.78 is 6.51. The summed E-state index contributed by atoms with van der Waals surface area (Å²) >= 11 is 0. The van der Waals surface area contributed by atoms with Crippen LogP contribution in [0.25, 0.3) is 22.3 Å². The van der Waals surface area contributed by atoms with Crippen molar-refractivity contribution in [2.24, 2.45) is 12.8 Å². The zero-order chi connectivity index (χ0) is 20.5. The second-order valence-corrected chi connectivity index (χ2v) is 6.28. The Morgan fingerprint density at radius 2 is 1.97 bits per heavy atom. The van der Waals surface area contributed by atoms with Gasteiger partial charge in [0.25, 0.3) is 11.5 Å². The van der Waals surface area contributed by atoms with Gasteiger partial charge in [0.2, 0.25) is 5.76 Å². The van der Waals surface area contributed by atoms with Gasteiger partial charge in [0.05, 0.1) is 11.4 Å². The normalized spacial score (nSPS) is 10.8. The Hall–Kier alpha value is -4.21. The average Bonchev–Trinajstić information content (AvgIpc) is 3.14. The number of hydrogen-bond acceptors (Lipinski definition) is 8. The second kappa shape index (κ2) is 7.08. The quantitative estimate of drug-likeness (QED) is 0.468.